The first kappa shape index (κ1) is 11.2. The van der Waals surface area contributed by atoms with E-state index in [1.165, 1.54) is 0 Å². The lowest BCUT2D eigenvalue weighted by Crippen LogP contribution is -2.30. The van der Waals surface area contributed by atoms with Crippen molar-refractivity contribution in [2.24, 2.45) is 0 Å². The van der Waals surface area contributed by atoms with E-state index >= 15 is 0 Å². The number of aromatic hydroxyl groups is 1. The van der Waals surface area contributed by atoms with Crippen LogP contribution in [0.3, 0.4) is 0 Å². The van der Waals surface area contributed by atoms with Crippen LogP contribution in [0, 0.1) is 0 Å². The number of phenols is 1. The molecule has 18 heavy (non-hydrogen) atoms. The summed E-state index contributed by atoms with van der Waals surface area (Å²) in [5.74, 6) is 0.175. The van der Waals surface area contributed by atoms with E-state index in [0.717, 1.165) is 16.0 Å². The molecule has 2 aromatic rings. The molecule has 0 radical (unpaired) electrons. The van der Waals surface area contributed by atoms with E-state index in [0.29, 0.717) is 0 Å². The van der Waals surface area contributed by atoms with Crippen molar-refractivity contribution >= 4 is 17.7 Å². The van der Waals surface area contributed by atoms with E-state index < -0.39 is 0 Å². The zero-order chi connectivity index (χ0) is 12.5. The average Bonchev–Trinajstić information content (AvgIpc) is 2.39. The fraction of sp³-hybridized carbons (Fsp3) is 0.0714. The largest absolute Gasteiger partial charge is 0.508 e. The Labute approximate surface area is 109 Å². The summed E-state index contributed by atoms with van der Waals surface area (Å²) in [6, 6.07) is 14.5. The third-order valence-corrected chi connectivity index (χ3v) is 4.07. The first-order valence-corrected chi connectivity index (χ1v) is 6.47. The molecule has 3 rings (SSSR count). The molecule has 0 saturated heterocycles. The summed E-state index contributed by atoms with van der Waals surface area (Å²) < 4.78 is 0. The Morgan fingerprint density at radius 2 is 1.78 bits per heavy atom. The summed E-state index contributed by atoms with van der Waals surface area (Å²) in [7, 11) is 0. The van der Waals surface area contributed by atoms with E-state index in [9.17, 15) is 9.90 Å². The van der Waals surface area contributed by atoms with Gasteiger partial charge in [-0.15, -0.1) is 0 Å². The second-order valence-corrected chi connectivity index (χ2v) is 5.21. The number of benzene rings is 2. The molecule has 3 nitrogen and oxygen atoms in total. The van der Waals surface area contributed by atoms with Crippen molar-refractivity contribution in [1.82, 2.24) is 5.32 Å². The van der Waals surface area contributed by atoms with Crippen LogP contribution in [0.2, 0.25) is 0 Å². The van der Waals surface area contributed by atoms with E-state index in [2.05, 4.69) is 5.32 Å². The molecule has 1 amide bonds. The molecular formula is C14H11NO2S. The molecule has 1 aliphatic heterocycles. The molecule has 0 fully saturated rings. The lowest BCUT2D eigenvalue weighted by atomic mass is 10.1. The highest BCUT2D eigenvalue weighted by atomic mass is 32.2. The molecule has 2 aromatic carbocycles. The van der Waals surface area contributed by atoms with Crippen LogP contribution in [0.5, 0.6) is 5.75 Å². The van der Waals surface area contributed by atoms with Crippen LogP contribution in [0.15, 0.2) is 53.4 Å². The fourth-order valence-corrected chi connectivity index (χ4v) is 3.07. The Hall–Kier alpha value is -1.94. The minimum atomic E-state index is -0.104. The minimum absolute atomic E-state index is 0.0533. The molecule has 0 aliphatic carbocycles. The van der Waals surface area contributed by atoms with Gasteiger partial charge in [-0.25, -0.2) is 0 Å². The van der Waals surface area contributed by atoms with Crippen molar-refractivity contribution in [2.45, 2.75) is 10.3 Å². The standard InChI is InChI=1S/C14H11NO2S/c16-10-7-5-9(6-8-10)14-15-13(17)11-3-1-2-4-12(11)18-14/h1-8,14,16H,(H,15,17). The first-order chi connectivity index (χ1) is 8.74. The lowest BCUT2D eigenvalue weighted by molar-refractivity contribution is 0.0943. The smallest absolute Gasteiger partial charge is 0.253 e. The van der Waals surface area contributed by atoms with E-state index in [1.807, 2.05) is 36.4 Å². The summed E-state index contributed by atoms with van der Waals surface area (Å²) in [6.07, 6.45) is 0. The lowest BCUT2D eigenvalue weighted by Gasteiger charge is -2.25. The van der Waals surface area contributed by atoms with Gasteiger partial charge in [0.2, 0.25) is 0 Å². The molecule has 0 saturated carbocycles. The maximum atomic E-state index is 12.0. The van der Waals surface area contributed by atoms with Gasteiger partial charge in [-0.05, 0) is 29.8 Å². The molecule has 0 aromatic heterocycles. The third-order valence-electron chi connectivity index (χ3n) is 2.83. The van der Waals surface area contributed by atoms with Crippen molar-refractivity contribution in [3.63, 3.8) is 0 Å². The Balaban J connectivity index is 1.94. The minimum Gasteiger partial charge on any atom is -0.508 e. The second kappa shape index (κ2) is 4.38. The van der Waals surface area contributed by atoms with Crippen LogP contribution in [0.4, 0.5) is 0 Å². The Kier molecular flexibility index (Phi) is 2.72. The predicted molar refractivity (Wildman–Crippen MR) is 70.6 cm³/mol. The first-order valence-electron chi connectivity index (χ1n) is 5.59. The molecule has 1 unspecified atom stereocenters. The average molecular weight is 257 g/mol. The van der Waals surface area contributed by atoms with E-state index in [-0.39, 0.29) is 17.0 Å². The number of hydrogen-bond acceptors (Lipinski definition) is 3. The summed E-state index contributed by atoms with van der Waals surface area (Å²) in [4.78, 5) is 12.9. The third kappa shape index (κ3) is 1.95. The van der Waals surface area contributed by atoms with Crippen molar-refractivity contribution in [3.8, 4) is 5.75 Å². The fourth-order valence-electron chi connectivity index (χ4n) is 1.91. The molecule has 90 valence electrons. The van der Waals surface area contributed by atoms with Gasteiger partial charge < -0.3 is 10.4 Å². The van der Waals surface area contributed by atoms with Crippen LogP contribution in [0.25, 0.3) is 0 Å². The summed E-state index contributed by atoms with van der Waals surface area (Å²) in [5.41, 5.74) is 1.69. The van der Waals surface area contributed by atoms with Crippen LogP contribution in [0.1, 0.15) is 21.3 Å². The molecule has 1 atom stereocenters. The number of rotatable bonds is 1. The number of hydrogen-bond donors (Lipinski definition) is 2. The highest BCUT2D eigenvalue weighted by molar-refractivity contribution is 7.99. The van der Waals surface area contributed by atoms with Crippen LogP contribution < -0.4 is 5.32 Å². The zero-order valence-corrected chi connectivity index (χ0v) is 10.3. The predicted octanol–water partition coefficient (Wildman–Crippen LogP) is 2.93. The van der Waals surface area contributed by atoms with Gasteiger partial charge in [0.25, 0.3) is 5.91 Å². The molecule has 4 heteroatoms. The van der Waals surface area contributed by atoms with Gasteiger partial charge in [0, 0.05) is 4.90 Å². The summed E-state index contributed by atoms with van der Waals surface area (Å²) >= 11 is 1.61. The summed E-state index contributed by atoms with van der Waals surface area (Å²) in [5, 5.41) is 12.1. The van der Waals surface area contributed by atoms with Crippen molar-refractivity contribution in [3.05, 3.63) is 59.7 Å². The normalized spacial score (nSPS) is 18.0. The SMILES string of the molecule is O=C1NC(c2ccc(O)cc2)Sc2ccccc21. The maximum absolute atomic E-state index is 12.0. The molecule has 0 bridgehead atoms. The van der Waals surface area contributed by atoms with Gasteiger partial charge in [0.1, 0.15) is 11.1 Å². The van der Waals surface area contributed by atoms with Gasteiger partial charge in [-0.2, -0.15) is 0 Å². The van der Waals surface area contributed by atoms with Crippen LogP contribution in [-0.4, -0.2) is 11.0 Å². The molecule has 1 aliphatic rings. The number of carbonyl (C=O) groups excluding carboxylic acids is 1. The van der Waals surface area contributed by atoms with Crippen molar-refractivity contribution < 1.29 is 9.90 Å². The molecule has 0 spiro atoms. The highest BCUT2D eigenvalue weighted by Gasteiger charge is 2.25. The van der Waals surface area contributed by atoms with Crippen LogP contribution >= 0.6 is 11.8 Å². The van der Waals surface area contributed by atoms with Crippen LogP contribution in [-0.2, 0) is 0 Å². The number of carbonyl (C=O) groups is 1. The van der Waals surface area contributed by atoms with Gasteiger partial charge in [-0.1, -0.05) is 36.0 Å². The second-order valence-electron chi connectivity index (χ2n) is 4.06. The topological polar surface area (TPSA) is 49.3 Å². The van der Waals surface area contributed by atoms with Gasteiger partial charge in [0.15, 0.2) is 0 Å². The van der Waals surface area contributed by atoms with Gasteiger partial charge in [0.05, 0.1) is 5.56 Å². The highest BCUT2D eigenvalue weighted by Crippen LogP contribution is 2.39. The number of nitrogens with one attached hydrogen (secondary N) is 1. The Morgan fingerprint density at radius 3 is 2.56 bits per heavy atom. The number of phenolic OH excluding ortho intramolecular Hbond substituents is 1. The zero-order valence-electron chi connectivity index (χ0n) is 9.46. The van der Waals surface area contributed by atoms with Crippen molar-refractivity contribution in [2.75, 3.05) is 0 Å². The maximum Gasteiger partial charge on any atom is 0.253 e. The molecular weight excluding hydrogens is 246 g/mol. The number of amides is 1. The number of fused-ring (bicyclic) bond motifs is 1. The van der Waals surface area contributed by atoms with E-state index in [1.54, 1.807) is 23.9 Å². The quantitative estimate of drug-likeness (QED) is 0.825. The van der Waals surface area contributed by atoms with Gasteiger partial charge >= 0.3 is 0 Å². The number of thioether (sulfide) groups is 1. The Bertz CT molecular complexity index is 595. The monoisotopic (exact) mass is 257 g/mol. The Morgan fingerprint density at radius 1 is 1.06 bits per heavy atom. The van der Waals surface area contributed by atoms with Crippen molar-refractivity contribution in [1.29, 1.82) is 0 Å². The molecule has 1 heterocycles. The van der Waals surface area contributed by atoms with Gasteiger partial charge in [-0.3, -0.25) is 4.79 Å². The molecule has 2 N–H and O–H groups in total. The summed E-state index contributed by atoms with van der Waals surface area (Å²) in [6.45, 7) is 0. The van der Waals surface area contributed by atoms with E-state index in [4.69, 9.17) is 0 Å².